The van der Waals surface area contributed by atoms with Crippen LogP contribution in [-0.2, 0) is 18.9 Å². The summed E-state index contributed by atoms with van der Waals surface area (Å²) in [5, 5.41) is 3.71. The number of hydrogen-bond acceptors (Lipinski definition) is 5. The number of ether oxygens (including phenoxy) is 4. The molecule has 0 aliphatic carbocycles. The molecule has 5 atom stereocenters. The fourth-order valence-corrected chi connectivity index (χ4v) is 2.59. The van der Waals surface area contributed by atoms with E-state index in [1.165, 1.54) is 0 Å². The number of azide groups is 1. The number of fused-ring (bicyclic) bond motifs is 1. The van der Waals surface area contributed by atoms with E-state index in [2.05, 4.69) is 16.9 Å². The van der Waals surface area contributed by atoms with E-state index in [4.69, 9.17) is 24.5 Å². The summed E-state index contributed by atoms with van der Waals surface area (Å²) in [5.41, 5.74) is 8.58. The summed E-state index contributed by atoms with van der Waals surface area (Å²) in [4.78, 5) is 2.84. The molecule has 0 bridgehead atoms. The van der Waals surface area contributed by atoms with E-state index in [0.717, 1.165) is 12.8 Å². The third kappa shape index (κ3) is 3.24. The summed E-state index contributed by atoms with van der Waals surface area (Å²) in [7, 11) is 0. The SMILES string of the molecule is CCCCO[C@H]1[C@@H]([C@H](C)N=[N+]=[N-])OC2OC(C)(C)O[C@@H]21. The van der Waals surface area contributed by atoms with Crippen molar-refractivity contribution in [2.75, 3.05) is 6.61 Å². The Kier molecular flexibility index (Phi) is 4.88. The molecule has 2 aliphatic heterocycles. The second kappa shape index (κ2) is 6.28. The van der Waals surface area contributed by atoms with Gasteiger partial charge in [-0.3, -0.25) is 0 Å². The van der Waals surface area contributed by atoms with Crippen molar-refractivity contribution in [3.8, 4) is 0 Å². The first kappa shape index (κ1) is 15.5. The molecule has 2 fully saturated rings. The van der Waals surface area contributed by atoms with Crippen LogP contribution in [0.3, 0.4) is 0 Å². The minimum atomic E-state index is -0.672. The molecule has 1 unspecified atom stereocenters. The lowest BCUT2D eigenvalue weighted by molar-refractivity contribution is -0.220. The van der Waals surface area contributed by atoms with E-state index in [0.29, 0.717) is 6.61 Å². The molecular weight excluding hydrogens is 262 g/mol. The monoisotopic (exact) mass is 285 g/mol. The van der Waals surface area contributed by atoms with Gasteiger partial charge in [-0.05, 0) is 25.8 Å². The van der Waals surface area contributed by atoms with Crippen molar-refractivity contribution >= 4 is 0 Å². The van der Waals surface area contributed by atoms with Crippen molar-refractivity contribution in [1.29, 1.82) is 0 Å². The maximum Gasteiger partial charge on any atom is 0.190 e. The second-order valence-electron chi connectivity index (χ2n) is 5.70. The van der Waals surface area contributed by atoms with Gasteiger partial charge in [0.2, 0.25) is 0 Å². The Balaban J connectivity index is 2.07. The summed E-state index contributed by atoms with van der Waals surface area (Å²) in [6, 6.07) is -0.326. The largest absolute Gasteiger partial charge is 0.373 e. The lowest BCUT2D eigenvalue weighted by Crippen LogP contribution is -2.41. The standard InChI is InChI=1S/C13H23N3O4/c1-5-6-7-17-10-9(8(2)15-16-14)18-12-11(10)19-13(3,4)20-12/h8-12H,5-7H2,1-4H3/t8-,9+,10-,11+,12?/m0/s1. The fourth-order valence-electron chi connectivity index (χ4n) is 2.59. The highest BCUT2D eigenvalue weighted by Gasteiger charge is 2.56. The Labute approximate surface area is 119 Å². The van der Waals surface area contributed by atoms with Crippen LogP contribution in [0.25, 0.3) is 10.4 Å². The third-order valence-electron chi connectivity index (χ3n) is 3.54. The minimum Gasteiger partial charge on any atom is -0.373 e. The summed E-state index contributed by atoms with van der Waals surface area (Å²) in [5.74, 6) is -0.672. The zero-order valence-electron chi connectivity index (χ0n) is 12.5. The molecule has 0 N–H and O–H groups in total. The van der Waals surface area contributed by atoms with Crippen LogP contribution in [0.4, 0.5) is 0 Å². The summed E-state index contributed by atoms with van der Waals surface area (Å²) < 4.78 is 23.3. The lowest BCUT2D eigenvalue weighted by atomic mass is 10.1. The Bertz CT molecular complexity index is 384. The van der Waals surface area contributed by atoms with Crippen LogP contribution in [0.1, 0.15) is 40.5 Å². The predicted molar refractivity (Wildman–Crippen MR) is 72.0 cm³/mol. The first-order chi connectivity index (χ1) is 9.48. The van der Waals surface area contributed by atoms with E-state index >= 15 is 0 Å². The van der Waals surface area contributed by atoms with Crippen molar-refractivity contribution in [2.45, 2.75) is 77.0 Å². The number of hydrogen-bond donors (Lipinski definition) is 0. The maximum atomic E-state index is 8.58. The van der Waals surface area contributed by atoms with Gasteiger partial charge in [-0.2, -0.15) is 0 Å². The highest BCUT2D eigenvalue weighted by Crippen LogP contribution is 2.40. The highest BCUT2D eigenvalue weighted by molar-refractivity contribution is 4.97. The molecule has 2 aliphatic rings. The number of rotatable bonds is 6. The van der Waals surface area contributed by atoms with E-state index in [-0.39, 0.29) is 24.4 Å². The Morgan fingerprint density at radius 1 is 1.40 bits per heavy atom. The van der Waals surface area contributed by atoms with Gasteiger partial charge in [-0.25, -0.2) is 0 Å². The molecule has 2 heterocycles. The van der Waals surface area contributed by atoms with Crippen LogP contribution >= 0.6 is 0 Å². The van der Waals surface area contributed by atoms with Crippen LogP contribution < -0.4 is 0 Å². The van der Waals surface area contributed by atoms with Gasteiger partial charge in [0.15, 0.2) is 12.1 Å². The van der Waals surface area contributed by atoms with Crippen molar-refractivity contribution in [2.24, 2.45) is 5.11 Å². The van der Waals surface area contributed by atoms with Gasteiger partial charge in [0, 0.05) is 11.5 Å². The van der Waals surface area contributed by atoms with E-state index in [1.54, 1.807) is 0 Å². The van der Waals surface area contributed by atoms with Gasteiger partial charge in [0.05, 0.1) is 12.1 Å². The van der Waals surface area contributed by atoms with Gasteiger partial charge >= 0.3 is 0 Å². The molecule has 114 valence electrons. The van der Waals surface area contributed by atoms with Crippen LogP contribution in [0.15, 0.2) is 5.11 Å². The number of unbranched alkanes of at least 4 members (excludes halogenated alkanes) is 1. The zero-order chi connectivity index (χ0) is 14.8. The second-order valence-corrected chi connectivity index (χ2v) is 5.70. The average Bonchev–Trinajstić information content (AvgIpc) is 2.83. The fraction of sp³-hybridized carbons (Fsp3) is 1.00. The lowest BCUT2D eigenvalue weighted by Gasteiger charge is -2.27. The summed E-state index contributed by atoms with van der Waals surface area (Å²) in [6.07, 6.45) is 0.686. The number of nitrogens with zero attached hydrogens (tertiary/aromatic N) is 3. The van der Waals surface area contributed by atoms with Crippen LogP contribution in [0, 0.1) is 0 Å². The molecule has 0 aromatic heterocycles. The molecule has 0 spiro atoms. The average molecular weight is 285 g/mol. The Hall–Kier alpha value is -0.850. The Morgan fingerprint density at radius 3 is 2.80 bits per heavy atom. The van der Waals surface area contributed by atoms with Crippen LogP contribution in [-0.4, -0.2) is 43.0 Å². The van der Waals surface area contributed by atoms with E-state index < -0.39 is 12.1 Å². The maximum absolute atomic E-state index is 8.58. The molecule has 2 rings (SSSR count). The molecule has 0 saturated carbocycles. The van der Waals surface area contributed by atoms with Crippen LogP contribution in [0.2, 0.25) is 0 Å². The quantitative estimate of drug-likeness (QED) is 0.325. The predicted octanol–water partition coefficient (Wildman–Crippen LogP) is 2.75. The van der Waals surface area contributed by atoms with Crippen molar-refractivity contribution in [3.05, 3.63) is 10.4 Å². The molecule has 0 aromatic rings. The molecule has 0 radical (unpaired) electrons. The molecule has 7 nitrogen and oxygen atoms in total. The van der Waals surface area contributed by atoms with Gasteiger partial charge in [0.1, 0.15) is 12.2 Å². The smallest absolute Gasteiger partial charge is 0.190 e. The van der Waals surface area contributed by atoms with Gasteiger partial charge in [-0.15, -0.1) is 0 Å². The third-order valence-corrected chi connectivity index (χ3v) is 3.54. The zero-order valence-corrected chi connectivity index (χ0v) is 12.5. The normalized spacial score (nSPS) is 36.4. The highest BCUT2D eigenvalue weighted by atomic mass is 16.8. The molecule has 0 aromatic carbocycles. The van der Waals surface area contributed by atoms with E-state index in [1.807, 2.05) is 20.8 Å². The summed E-state index contributed by atoms with van der Waals surface area (Å²) in [6.45, 7) is 8.26. The Morgan fingerprint density at radius 2 is 2.15 bits per heavy atom. The minimum absolute atomic E-state index is 0.270. The van der Waals surface area contributed by atoms with Gasteiger partial charge < -0.3 is 18.9 Å². The van der Waals surface area contributed by atoms with E-state index in [9.17, 15) is 0 Å². The van der Waals surface area contributed by atoms with Crippen LogP contribution in [0.5, 0.6) is 0 Å². The molecule has 7 heteroatoms. The van der Waals surface area contributed by atoms with Crippen molar-refractivity contribution < 1.29 is 18.9 Å². The first-order valence-corrected chi connectivity index (χ1v) is 7.15. The molecular formula is C13H23N3O4. The van der Waals surface area contributed by atoms with Crippen molar-refractivity contribution in [1.82, 2.24) is 0 Å². The van der Waals surface area contributed by atoms with Crippen molar-refractivity contribution in [3.63, 3.8) is 0 Å². The topological polar surface area (TPSA) is 85.7 Å². The van der Waals surface area contributed by atoms with Gasteiger partial charge in [-0.1, -0.05) is 25.4 Å². The summed E-state index contributed by atoms with van der Waals surface area (Å²) >= 11 is 0. The molecule has 0 amide bonds. The van der Waals surface area contributed by atoms with Gasteiger partial charge in [0.25, 0.3) is 0 Å². The molecule has 20 heavy (non-hydrogen) atoms. The molecule has 2 saturated heterocycles. The first-order valence-electron chi connectivity index (χ1n) is 7.15.